The van der Waals surface area contributed by atoms with Crippen molar-refractivity contribution in [1.82, 2.24) is 0 Å². The van der Waals surface area contributed by atoms with Gasteiger partial charge in [0.05, 0.1) is 0 Å². The molecule has 0 aliphatic rings. The van der Waals surface area contributed by atoms with Crippen LogP contribution in [0.4, 0.5) is 5.69 Å². The van der Waals surface area contributed by atoms with E-state index in [-0.39, 0.29) is 0 Å². The molecule has 0 heterocycles. The average molecular weight is 225 g/mol. The number of nitrogens with two attached hydrogens (primary N) is 1. The second-order valence-corrected chi connectivity index (χ2v) is 4.75. The van der Waals surface area contributed by atoms with Crippen molar-refractivity contribution in [1.29, 1.82) is 0 Å². The second kappa shape index (κ2) is 4.25. The Bertz CT molecular complexity index is 545. The summed E-state index contributed by atoms with van der Waals surface area (Å²) in [5.74, 6) is 0. The number of hydrogen-bond acceptors (Lipinski definition) is 1. The smallest absolute Gasteiger partial charge is 0.0352 e. The van der Waals surface area contributed by atoms with Crippen LogP contribution >= 0.6 is 0 Å². The van der Waals surface area contributed by atoms with Crippen molar-refractivity contribution >= 4 is 5.69 Å². The standard InChI is InChI=1S/C16H19N/c1-10-6-5-7-15(12(10)3)14-8-11(2)13(4)16(17)9-14/h5-9H,17H2,1-4H3. The summed E-state index contributed by atoms with van der Waals surface area (Å²) in [5.41, 5.74) is 14.5. The van der Waals surface area contributed by atoms with Gasteiger partial charge in [0, 0.05) is 5.69 Å². The maximum Gasteiger partial charge on any atom is 0.0352 e. The Morgan fingerprint density at radius 1 is 0.824 bits per heavy atom. The summed E-state index contributed by atoms with van der Waals surface area (Å²) in [6, 6.07) is 10.7. The molecule has 1 heteroatoms. The van der Waals surface area contributed by atoms with Gasteiger partial charge >= 0.3 is 0 Å². The van der Waals surface area contributed by atoms with Crippen molar-refractivity contribution < 1.29 is 0 Å². The van der Waals surface area contributed by atoms with Crippen molar-refractivity contribution in [3.63, 3.8) is 0 Å². The summed E-state index contributed by atoms with van der Waals surface area (Å²) >= 11 is 0. The van der Waals surface area contributed by atoms with Crippen LogP contribution in [0.15, 0.2) is 30.3 Å². The van der Waals surface area contributed by atoms with Crippen LogP contribution in [0.5, 0.6) is 0 Å². The van der Waals surface area contributed by atoms with E-state index in [1.54, 1.807) is 0 Å². The molecule has 0 spiro atoms. The van der Waals surface area contributed by atoms with E-state index < -0.39 is 0 Å². The van der Waals surface area contributed by atoms with E-state index in [9.17, 15) is 0 Å². The van der Waals surface area contributed by atoms with Crippen molar-refractivity contribution in [2.45, 2.75) is 27.7 Å². The zero-order valence-electron chi connectivity index (χ0n) is 11.0. The maximum atomic E-state index is 6.05. The number of anilines is 1. The molecular formula is C16H19N. The van der Waals surface area contributed by atoms with Gasteiger partial charge in [-0.05, 0) is 67.1 Å². The van der Waals surface area contributed by atoms with Crippen LogP contribution in [0.3, 0.4) is 0 Å². The van der Waals surface area contributed by atoms with Crippen LogP contribution in [-0.4, -0.2) is 0 Å². The van der Waals surface area contributed by atoms with Crippen LogP contribution < -0.4 is 5.73 Å². The van der Waals surface area contributed by atoms with E-state index in [4.69, 9.17) is 5.73 Å². The van der Waals surface area contributed by atoms with Crippen molar-refractivity contribution in [2.75, 3.05) is 5.73 Å². The minimum atomic E-state index is 0.876. The second-order valence-electron chi connectivity index (χ2n) is 4.75. The van der Waals surface area contributed by atoms with Crippen LogP contribution in [0.2, 0.25) is 0 Å². The molecule has 0 atom stereocenters. The normalized spacial score (nSPS) is 10.6. The summed E-state index contributed by atoms with van der Waals surface area (Å²) in [4.78, 5) is 0. The molecule has 0 bridgehead atoms. The molecule has 0 aromatic heterocycles. The molecule has 2 aromatic carbocycles. The Morgan fingerprint density at radius 3 is 2.18 bits per heavy atom. The van der Waals surface area contributed by atoms with E-state index >= 15 is 0 Å². The average Bonchev–Trinajstić information content (AvgIpc) is 2.29. The van der Waals surface area contributed by atoms with Crippen LogP contribution in [0.1, 0.15) is 22.3 Å². The molecule has 0 aliphatic carbocycles. The minimum Gasteiger partial charge on any atom is -0.398 e. The predicted octanol–water partition coefficient (Wildman–Crippen LogP) is 4.17. The predicted molar refractivity (Wildman–Crippen MR) is 75.2 cm³/mol. The van der Waals surface area contributed by atoms with Gasteiger partial charge in [-0.1, -0.05) is 24.3 Å². The van der Waals surface area contributed by atoms with E-state index in [1.165, 1.54) is 33.4 Å². The van der Waals surface area contributed by atoms with Crippen molar-refractivity contribution in [2.24, 2.45) is 0 Å². The van der Waals surface area contributed by atoms with Crippen molar-refractivity contribution in [3.05, 3.63) is 52.6 Å². The molecule has 17 heavy (non-hydrogen) atoms. The number of benzene rings is 2. The van der Waals surface area contributed by atoms with Gasteiger partial charge in [0.15, 0.2) is 0 Å². The van der Waals surface area contributed by atoms with Gasteiger partial charge in [-0.3, -0.25) is 0 Å². The third-order valence-electron chi connectivity index (χ3n) is 3.62. The summed E-state index contributed by atoms with van der Waals surface area (Å²) in [6.07, 6.45) is 0. The molecule has 0 radical (unpaired) electrons. The Morgan fingerprint density at radius 2 is 1.53 bits per heavy atom. The first-order valence-corrected chi connectivity index (χ1v) is 5.94. The lowest BCUT2D eigenvalue weighted by atomic mass is 9.94. The van der Waals surface area contributed by atoms with E-state index in [2.05, 4.69) is 58.0 Å². The van der Waals surface area contributed by atoms with Crippen molar-refractivity contribution in [3.8, 4) is 11.1 Å². The third kappa shape index (κ3) is 2.05. The highest BCUT2D eigenvalue weighted by molar-refractivity contribution is 5.73. The van der Waals surface area contributed by atoms with Crippen LogP contribution in [0, 0.1) is 27.7 Å². The fourth-order valence-corrected chi connectivity index (χ4v) is 2.11. The number of nitrogen functional groups attached to an aromatic ring is 1. The van der Waals surface area contributed by atoms with Crippen LogP contribution in [-0.2, 0) is 0 Å². The Kier molecular flexibility index (Phi) is 2.93. The summed E-state index contributed by atoms with van der Waals surface area (Å²) in [5, 5.41) is 0. The summed E-state index contributed by atoms with van der Waals surface area (Å²) < 4.78 is 0. The fraction of sp³-hybridized carbons (Fsp3) is 0.250. The van der Waals surface area contributed by atoms with Gasteiger partial charge in [0.1, 0.15) is 0 Å². The lowest BCUT2D eigenvalue weighted by Gasteiger charge is -2.12. The highest BCUT2D eigenvalue weighted by atomic mass is 14.6. The van der Waals surface area contributed by atoms with Gasteiger partial charge in [-0.25, -0.2) is 0 Å². The summed E-state index contributed by atoms with van der Waals surface area (Å²) in [7, 11) is 0. The molecule has 0 amide bonds. The molecule has 0 fully saturated rings. The largest absolute Gasteiger partial charge is 0.398 e. The monoisotopic (exact) mass is 225 g/mol. The highest BCUT2D eigenvalue weighted by Gasteiger charge is 2.07. The zero-order chi connectivity index (χ0) is 12.6. The van der Waals surface area contributed by atoms with E-state index in [1.807, 2.05) is 0 Å². The molecule has 2 N–H and O–H groups in total. The zero-order valence-corrected chi connectivity index (χ0v) is 11.0. The number of hydrogen-bond donors (Lipinski definition) is 1. The first-order chi connectivity index (χ1) is 8.00. The molecular weight excluding hydrogens is 206 g/mol. The number of aryl methyl sites for hydroxylation is 2. The molecule has 88 valence electrons. The maximum absolute atomic E-state index is 6.05. The quantitative estimate of drug-likeness (QED) is 0.724. The lowest BCUT2D eigenvalue weighted by Crippen LogP contribution is -1.95. The fourth-order valence-electron chi connectivity index (χ4n) is 2.11. The first kappa shape index (κ1) is 11.7. The Balaban J connectivity index is 2.65. The minimum absolute atomic E-state index is 0.876. The molecule has 2 rings (SSSR count). The third-order valence-corrected chi connectivity index (χ3v) is 3.62. The lowest BCUT2D eigenvalue weighted by molar-refractivity contribution is 1.31. The first-order valence-electron chi connectivity index (χ1n) is 5.94. The van der Waals surface area contributed by atoms with Crippen LogP contribution in [0.25, 0.3) is 11.1 Å². The topological polar surface area (TPSA) is 26.0 Å². The molecule has 0 saturated heterocycles. The number of rotatable bonds is 1. The van der Waals surface area contributed by atoms with Gasteiger partial charge in [-0.15, -0.1) is 0 Å². The van der Waals surface area contributed by atoms with E-state index in [0.717, 1.165) is 5.69 Å². The molecule has 0 unspecified atom stereocenters. The van der Waals surface area contributed by atoms with Gasteiger partial charge in [-0.2, -0.15) is 0 Å². The Labute approximate surface area is 103 Å². The van der Waals surface area contributed by atoms with Gasteiger partial charge in [0.25, 0.3) is 0 Å². The van der Waals surface area contributed by atoms with Gasteiger partial charge in [0.2, 0.25) is 0 Å². The van der Waals surface area contributed by atoms with Gasteiger partial charge < -0.3 is 5.73 Å². The van der Waals surface area contributed by atoms with E-state index in [0.29, 0.717) is 0 Å². The molecule has 0 aliphatic heterocycles. The molecule has 1 nitrogen and oxygen atoms in total. The molecule has 2 aromatic rings. The summed E-state index contributed by atoms with van der Waals surface area (Å²) in [6.45, 7) is 8.48. The Hall–Kier alpha value is -1.76. The highest BCUT2D eigenvalue weighted by Crippen LogP contribution is 2.29. The SMILES string of the molecule is Cc1cc(-c2cccc(C)c2C)cc(N)c1C. The molecule has 0 saturated carbocycles.